The zero-order chi connectivity index (χ0) is 22.8. The van der Waals surface area contributed by atoms with E-state index in [2.05, 4.69) is 10.6 Å². The maximum Gasteiger partial charge on any atom is 0.261 e. The Labute approximate surface area is 185 Å². The number of hydrogen-bond acceptors (Lipinski definition) is 5. The number of benzene rings is 2. The van der Waals surface area contributed by atoms with Crippen molar-refractivity contribution in [2.45, 2.75) is 38.1 Å². The summed E-state index contributed by atoms with van der Waals surface area (Å²) < 4.78 is 5.16. The summed E-state index contributed by atoms with van der Waals surface area (Å²) in [5.74, 6) is -1.02. The van der Waals surface area contributed by atoms with E-state index in [-0.39, 0.29) is 40.5 Å². The van der Waals surface area contributed by atoms with Crippen LogP contribution in [0.3, 0.4) is 0 Å². The van der Waals surface area contributed by atoms with Gasteiger partial charge in [0.2, 0.25) is 0 Å². The second kappa shape index (κ2) is 8.82. The number of carbonyl (C=O) groups is 4. The van der Waals surface area contributed by atoms with E-state index < -0.39 is 5.91 Å². The molecular weight excluding hydrogens is 410 g/mol. The first kappa shape index (κ1) is 21.5. The van der Waals surface area contributed by atoms with Crippen molar-refractivity contribution < 1.29 is 23.9 Å². The first-order valence-electron chi connectivity index (χ1n) is 10.7. The molecule has 8 nitrogen and oxygen atoms in total. The van der Waals surface area contributed by atoms with Gasteiger partial charge in [0.05, 0.1) is 29.5 Å². The monoisotopic (exact) mass is 435 g/mol. The number of nitrogens with one attached hydrogen (secondary N) is 2. The molecule has 2 aromatic carbocycles. The van der Waals surface area contributed by atoms with Crippen molar-refractivity contribution in [2.75, 3.05) is 19.5 Å². The third-order valence-corrected chi connectivity index (χ3v) is 6.07. The van der Waals surface area contributed by atoms with Gasteiger partial charge in [0.1, 0.15) is 5.75 Å². The third-order valence-electron chi connectivity index (χ3n) is 6.07. The van der Waals surface area contributed by atoms with Crippen LogP contribution in [-0.2, 0) is 0 Å². The Hall–Kier alpha value is -3.68. The van der Waals surface area contributed by atoms with Crippen molar-refractivity contribution in [3.8, 4) is 5.75 Å². The molecule has 0 atom stereocenters. The zero-order valence-corrected chi connectivity index (χ0v) is 18.1. The van der Waals surface area contributed by atoms with Gasteiger partial charge in [0.15, 0.2) is 0 Å². The normalized spacial score (nSPS) is 16.0. The highest BCUT2D eigenvalue weighted by molar-refractivity contribution is 6.22. The molecule has 2 aromatic rings. The van der Waals surface area contributed by atoms with Gasteiger partial charge in [0.25, 0.3) is 23.6 Å². The van der Waals surface area contributed by atoms with Gasteiger partial charge in [-0.2, -0.15) is 0 Å². The van der Waals surface area contributed by atoms with Gasteiger partial charge in [-0.25, -0.2) is 0 Å². The quantitative estimate of drug-likeness (QED) is 0.702. The van der Waals surface area contributed by atoms with Crippen LogP contribution in [-0.4, -0.2) is 48.7 Å². The topological polar surface area (TPSA) is 105 Å². The van der Waals surface area contributed by atoms with Crippen molar-refractivity contribution >= 4 is 29.3 Å². The van der Waals surface area contributed by atoms with Crippen molar-refractivity contribution in [3.63, 3.8) is 0 Å². The molecule has 0 aromatic heterocycles. The smallest absolute Gasteiger partial charge is 0.261 e. The first-order chi connectivity index (χ1) is 15.4. The van der Waals surface area contributed by atoms with E-state index in [1.54, 1.807) is 12.1 Å². The lowest BCUT2D eigenvalue weighted by molar-refractivity contribution is 0.0548. The Balaban J connectivity index is 1.59. The number of ether oxygens (including phenoxy) is 1. The molecule has 1 aliphatic heterocycles. The van der Waals surface area contributed by atoms with Crippen molar-refractivity contribution in [2.24, 2.45) is 0 Å². The molecule has 4 rings (SSSR count). The summed E-state index contributed by atoms with van der Waals surface area (Å²) in [6.45, 7) is 0. The fourth-order valence-corrected chi connectivity index (χ4v) is 4.35. The van der Waals surface area contributed by atoms with E-state index in [0.717, 1.165) is 32.1 Å². The van der Waals surface area contributed by atoms with E-state index >= 15 is 0 Å². The number of methoxy groups -OCH3 is 1. The summed E-state index contributed by atoms with van der Waals surface area (Å²) in [4.78, 5) is 52.4. The Bertz CT molecular complexity index is 1100. The van der Waals surface area contributed by atoms with Crippen LogP contribution in [0.1, 0.15) is 73.5 Å². The number of fused-ring (bicyclic) bond motifs is 1. The summed E-state index contributed by atoms with van der Waals surface area (Å²) in [5.41, 5.74) is 1.36. The van der Waals surface area contributed by atoms with Crippen LogP contribution in [0, 0.1) is 0 Å². The Kier molecular flexibility index (Phi) is 5.94. The van der Waals surface area contributed by atoms with E-state index in [1.165, 1.54) is 43.3 Å². The maximum atomic E-state index is 13.0. The minimum atomic E-state index is -0.487. The summed E-state index contributed by atoms with van der Waals surface area (Å²) >= 11 is 0. The van der Waals surface area contributed by atoms with Crippen LogP contribution < -0.4 is 15.4 Å². The molecule has 0 radical (unpaired) electrons. The number of hydrogen-bond donors (Lipinski definition) is 2. The molecule has 1 heterocycles. The SMILES string of the molecule is CNC(=O)c1cc(OC)ccc1NC(=O)c1ccc2c(c1)C(=O)N(C1CCCCC1)C2=O. The van der Waals surface area contributed by atoms with Crippen LogP contribution in [0.4, 0.5) is 5.69 Å². The summed E-state index contributed by atoms with van der Waals surface area (Å²) in [5, 5.41) is 5.25. The predicted molar refractivity (Wildman–Crippen MR) is 118 cm³/mol. The Morgan fingerprint density at radius 3 is 2.34 bits per heavy atom. The molecule has 8 heteroatoms. The molecule has 32 heavy (non-hydrogen) atoms. The zero-order valence-electron chi connectivity index (χ0n) is 18.1. The fourth-order valence-electron chi connectivity index (χ4n) is 4.35. The summed E-state index contributed by atoms with van der Waals surface area (Å²) in [7, 11) is 2.98. The van der Waals surface area contributed by atoms with Gasteiger partial charge in [-0.15, -0.1) is 0 Å². The third kappa shape index (κ3) is 3.84. The number of nitrogens with zero attached hydrogens (tertiary/aromatic N) is 1. The van der Waals surface area contributed by atoms with E-state index in [9.17, 15) is 19.2 Å². The van der Waals surface area contributed by atoms with Crippen molar-refractivity contribution in [3.05, 3.63) is 58.7 Å². The molecule has 4 amide bonds. The molecular formula is C24H25N3O5. The highest BCUT2D eigenvalue weighted by Gasteiger charge is 2.40. The molecule has 1 aliphatic carbocycles. The molecule has 166 valence electrons. The molecule has 0 saturated heterocycles. The second-order valence-electron chi connectivity index (χ2n) is 7.98. The Morgan fingerprint density at radius 2 is 1.66 bits per heavy atom. The molecule has 1 fully saturated rings. The molecule has 0 unspecified atom stereocenters. The molecule has 2 aliphatic rings. The van der Waals surface area contributed by atoms with Gasteiger partial charge >= 0.3 is 0 Å². The number of anilines is 1. The van der Waals surface area contributed by atoms with Gasteiger partial charge in [0, 0.05) is 18.7 Å². The lowest BCUT2D eigenvalue weighted by Gasteiger charge is -2.29. The number of rotatable bonds is 5. The van der Waals surface area contributed by atoms with Crippen LogP contribution in [0.2, 0.25) is 0 Å². The largest absolute Gasteiger partial charge is 0.497 e. The van der Waals surface area contributed by atoms with Gasteiger partial charge < -0.3 is 15.4 Å². The number of carbonyl (C=O) groups excluding carboxylic acids is 4. The second-order valence-corrected chi connectivity index (χ2v) is 7.98. The van der Waals surface area contributed by atoms with Gasteiger partial charge in [-0.05, 0) is 49.2 Å². The van der Waals surface area contributed by atoms with Crippen molar-refractivity contribution in [1.82, 2.24) is 10.2 Å². The first-order valence-corrected chi connectivity index (χ1v) is 10.7. The molecule has 1 saturated carbocycles. The standard InChI is InChI=1S/C24H25N3O5/c1-25-22(29)19-13-16(32-2)9-11-20(19)26-21(28)14-8-10-17-18(12-14)24(31)27(23(17)30)15-6-4-3-5-7-15/h8-13,15H,3-7H2,1-2H3,(H,25,29)(H,26,28). The lowest BCUT2D eigenvalue weighted by atomic mass is 9.94. The summed E-state index contributed by atoms with van der Waals surface area (Å²) in [6, 6.07) is 9.16. The molecule has 2 N–H and O–H groups in total. The van der Waals surface area contributed by atoms with Crippen LogP contribution >= 0.6 is 0 Å². The minimum Gasteiger partial charge on any atom is -0.497 e. The van der Waals surface area contributed by atoms with Crippen LogP contribution in [0.15, 0.2) is 36.4 Å². The van der Waals surface area contributed by atoms with E-state index in [0.29, 0.717) is 17.0 Å². The predicted octanol–water partition coefficient (Wildman–Crippen LogP) is 3.24. The van der Waals surface area contributed by atoms with E-state index in [4.69, 9.17) is 4.74 Å². The van der Waals surface area contributed by atoms with Crippen LogP contribution in [0.25, 0.3) is 0 Å². The average Bonchev–Trinajstić information content (AvgIpc) is 3.08. The lowest BCUT2D eigenvalue weighted by Crippen LogP contribution is -2.40. The molecule has 0 spiro atoms. The molecule has 0 bridgehead atoms. The maximum absolute atomic E-state index is 13.0. The Morgan fingerprint density at radius 1 is 0.938 bits per heavy atom. The average molecular weight is 435 g/mol. The van der Waals surface area contributed by atoms with Crippen LogP contribution in [0.5, 0.6) is 5.75 Å². The van der Waals surface area contributed by atoms with E-state index in [1.807, 2.05) is 0 Å². The summed E-state index contributed by atoms with van der Waals surface area (Å²) in [6.07, 6.45) is 4.76. The fraction of sp³-hybridized carbons (Fsp3) is 0.333. The van der Waals surface area contributed by atoms with Gasteiger partial charge in [-0.1, -0.05) is 19.3 Å². The number of imide groups is 1. The number of amides is 4. The highest BCUT2D eigenvalue weighted by atomic mass is 16.5. The highest BCUT2D eigenvalue weighted by Crippen LogP contribution is 2.32. The minimum absolute atomic E-state index is 0.0807. The van der Waals surface area contributed by atoms with Gasteiger partial charge in [-0.3, -0.25) is 24.1 Å². The van der Waals surface area contributed by atoms with Crippen molar-refractivity contribution in [1.29, 1.82) is 0 Å².